The summed E-state index contributed by atoms with van der Waals surface area (Å²) in [5, 5.41) is 9.37. The van der Waals surface area contributed by atoms with E-state index in [0.29, 0.717) is 0 Å². The summed E-state index contributed by atoms with van der Waals surface area (Å²) in [5.41, 5.74) is 2.55. The van der Waals surface area contributed by atoms with Crippen molar-refractivity contribution in [2.75, 3.05) is 5.75 Å². The van der Waals surface area contributed by atoms with E-state index in [0.717, 1.165) is 18.3 Å². The molecule has 0 aliphatic heterocycles. The molecule has 1 aromatic rings. The van der Waals surface area contributed by atoms with E-state index in [1.54, 1.807) is 0 Å². The van der Waals surface area contributed by atoms with E-state index in [1.807, 2.05) is 23.5 Å². The predicted octanol–water partition coefficient (Wildman–Crippen LogP) is 2.09. The summed E-state index contributed by atoms with van der Waals surface area (Å²) < 4.78 is 2.01. The topological polar surface area (TPSA) is 29.9 Å². The first-order valence-electron chi connectivity index (χ1n) is 5.61. The molecule has 1 heterocycles. The Balaban J connectivity index is 2.10. The number of aromatic nitrogens is 2. The van der Waals surface area contributed by atoms with Gasteiger partial charge in [0.15, 0.2) is 0 Å². The zero-order chi connectivity index (χ0) is 10.8. The van der Waals surface area contributed by atoms with Crippen LogP contribution in [0.3, 0.4) is 0 Å². The lowest BCUT2D eigenvalue weighted by Crippen LogP contribution is -2.16. The molecule has 1 aliphatic rings. The number of thioether (sulfide) groups is 1. The van der Waals surface area contributed by atoms with Gasteiger partial charge in [-0.05, 0) is 25.5 Å². The van der Waals surface area contributed by atoms with Crippen molar-refractivity contribution in [3.8, 4) is 0 Å². The van der Waals surface area contributed by atoms with Crippen molar-refractivity contribution < 1.29 is 0 Å². The molecule has 0 radical (unpaired) electrons. The van der Waals surface area contributed by atoms with Crippen LogP contribution in [0.2, 0.25) is 0 Å². The second-order valence-electron chi connectivity index (χ2n) is 4.08. The Labute approximate surface area is 95.6 Å². The molecule has 84 valence electrons. The minimum Gasteiger partial charge on any atom is -0.310 e. The van der Waals surface area contributed by atoms with Crippen molar-refractivity contribution in [2.24, 2.45) is 7.05 Å². The van der Waals surface area contributed by atoms with Crippen molar-refractivity contribution in [2.45, 2.75) is 44.3 Å². The Kier molecular flexibility index (Phi) is 3.36. The average molecular weight is 225 g/mol. The highest BCUT2D eigenvalue weighted by Crippen LogP contribution is 2.26. The molecular formula is C11H19N3S. The van der Waals surface area contributed by atoms with E-state index in [9.17, 15) is 0 Å². The lowest BCUT2D eigenvalue weighted by Gasteiger charge is -2.05. The van der Waals surface area contributed by atoms with Crippen molar-refractivity contribution >= 4 is 11.8 Å². The quantitative estimate of drug-likeness (QED) is 0.778. The Hall–Kier alpha value is -0.480. The molecule has 1 N–H and O–H groups in total. The van der Waals surface area contributed by atoms with Crippen LogP contribution in [0.4, 0.5) is 0 Å². The second-order valence-corrected chi connectivity index (χ2v) is 5.33. The van der Waals surface area contributed by atoms with Gasteiger partial charge < -0.3 is 5.32 Å². The maximum Gasteiger partial charge on any atom is 0.0984 e. The first-order valence-corrected chi connectivity index (χ1v) is 6.59. The Morgan fingerprint density at radius 1 is 1.53 bits per heavy atom. The molecule has 1 aliphatic carbocycles. The molecule has 15 heavy (non-hydrogen) atoms. The SMILES string of the molecule is CCSc1c(CNC2CC2)c(C)nn1C. The van der Waals surface area contributed by atoms with E-state index >= 15 is 0 Å². The van der Waals surface area contributed by atoms with E-state index in [-0.39, 0.29) is 0 Å². The zero-order valence-corrected chi connectivity index (χ0v) is 10.5. The maximum atomic E-state index is 4.48. The number of aryl methyl sites for hydroxylation is 2. The van der Waals surface area contributed by atoms with Crippen molar-refractivity contribution in [3.63, 3.8) is 0 Å². The monoisotopic (exact) mass is 225 g/mol. The van der Waals surface area contributed by atoms with Crippen LogP contribution in [0.25, 0.3) is 0 Å². The molecule has 1 aromatic heterocycles. The molecule has 0 amide bonds. The Bertz CT molecular complexity index is 342. The summed E-state index contributed by atoms with van der Waals surface area (Å²) in [5.74, 6) is 1.11. The van der Waals surface area contributed by atoms with Gasteiger partial charge in [0.05, 0.1) is 10.7 Å². The molecule has 2 rings (SSSR count). The molecular weight excluding hydrogens is 206 g/mol. The first-order chi connectivity index (χ1) is 7.22. The third-order valence-electron chi connectivity index (χ3n) is 2.71. The highest BCUT2D eigenvalue weighted by Gasteiger charge is 2.22. The van der Waals surface area contributed by atoms with Gasteiger partial charge in [0.1, 0.15) is 0 Å². The summed E-state index contributed by atoms with van der Waals surface area (Å²) in [6.07, 6.45) is 2.69. The first kappa shape index (κ1) is 11.0. The third-order valence-corrected chi connectivity index (χ3v) is 3.79. The minimum absolute atomic E-state index is 0.768. The molecule has 1 saturated carbocycles. The average Bonchev–Trinajstić information content (AvgIpc) is 2.96. The van der Waals surface area contributed by atoms with Gasteiger partial charge in [0, 0.05) is 25.2 Å². The van der Waals surface area contributed by atoms with Crippen molar-refractivity contribution in [3.05, 3.63) is 11.3 Å². The maximum absolute atomic E-state index is 4.48. The van der Waals surface area contributed by atoms with Gasteiger partial charge in [-0.1, -0.05) is 6.92 Å². The van der Waals surface area contributed by atoms with Gasteiger partial charge in [-0.3, -0.25) is 4.68 Å². The van der Waals surface area contributed by atoms with Gasteiger partial charge in [0.25, 0.3) is 0 Å². The summed E-state index contributed by atoms with van der Waals surface area (Å²) in [6, 6.07) is 0.768. The fraction of sp³-hybridized carbons (Fsp3) is 0.727. The number of rotatable bonds is 5. The number of nitrogens with one attached hydrogen (secondary N) is 1. The summed E-state index contributed by atoms with van der Waals surface area (Å²) in [7, 11) is 2.03. The molecule has 3 nitrogen and oxygen atoms in total. The highest BCUT2D eigenvalue weighted by molar-refractivity contribution is 7.99. The summed E-state index contributed by atoms with van der Waals surface area (Å²) in [6.45, 7) is 5.27. The number of hydrogen-bond acceptors (Lipinski definition) is 3. The van der Waals surface area contributed by atoms with Crippen molar-refractivity contribution in [1.82, 2.24) is 15.1 Å². The molecule has 0 saturated heterocycles. The predicted molar refractivity (Wildman–Crippen MR) is 64.2 cm³/mol. The Morgan fingerprint density at radius 2 is 2.27 bits per heavy atom. The summed E-state index contributed by atoms with van der Waals surface area (Å²) >= 11 is 1.88. The van der Waals surface area contributed by atoms with Crippen LogP contribution < -0.4 is 5.32 Å². The fourth-order valence-corrected chi connectivity index (χ4v) is 2.63. The van der Waals surface area contributed by atoms with Crippen LogP contribution in [-0.2, 0) is 13.6 Å². The van der Waals surface area contributed by atoms with Crippen LogP contribution in [0.1, 0.15) is 31.0 Å². The molecule has 0 aromatic carbocycles. The third kappa shape index (κ3) is 2.55. The van der Waals surface area contributed by atoms with E-state index in [4.69, 9.17) is 0 Å². The van der Waals surface area contributed by atoms with Gasteiger partial charge in [-0.25, -0.2) is 0 Å². The van der Waals surface area contributed by atoms with Gasteiger partial charge in [0.2, 0.25) is 0 Å². The van der Waals surface area contributed by atoms with Gasteiger partial charge in [-0.15, -0.1) is 11.8 Å². The van der Waals surface area contributed by atoms with E-state index < -0.39 is 0 Å². The lowest BCUT2D eigenvalue weighted by molar-refractivity contribution is 0.658. The number of nitrogens with zero attached hydrogens (tertiary/aromatic N) is 2. The van der Waals surface area contributed by atoms with Gasteiger partial charge >= 0.3 is 0 Å². The van der Waals surface area contributed by atoms with Crippen LogP contribution in [-0.4, -0.2) is 21.6 Å². The lowest BCUT2D eigenvalue weighted by atomic mass is 10.2. The van der Waals surface area contributed by atoms with Crippen LogP contribution in [0.5, 0.6) is 0 Å². The molecule has 0 bridgehead atoms. The van der Waals surface area contributed by atoms with Crippen LogP contribution >= 0.6 is 11.8 Å². The largest absolute Gasteiger partial charge is 0.310 e. The minimum atomic E-state index is 0.768. The van der Waals surface area contributed by atoms with E-state index in [2.05, 4.69) is 24.3 Å². The second kappa shape index (κ2) is 4.58. The summed E-state index contributed by atoms with van der Waals surface area (Å²) in [4.78, 5) is 0. The molecule has 0 spiro atoms. The fourth-order valence-electron chi connectivity index (χ4n) is 1.74. The molecule has 0 atom stereocenters. The van der Waals surface area contributed by atoms with Gasteiger partial charge in [-0.2, -0.15) is 5.10 Å². The standard InChI is InChI=1S/C11H19N3S/c1-4-15-11-10(7-12-9-5-6-9)8(2)13-14(11)3/h9,12H,4-7H2,1-3H3. The normalized spacial score (nSPS) is 15.9. The van der Waals surface area contributed by atoms with E-state index in [1.165, 1.54) is 29.1 Å². The highest BCUT2D eigenvalue weighted by atomic mass is 32.2. The smallest absolute Gasteiger partial charge is 0.0984 e. The van der Waals surface area contributed by atoms with Crippen molar-refractivity contribution in [1.29, 1.82) is 0 Å². The molecule has 0 unspecified atom stereocenters. The van der Waals surface area contributed by atoms with Crippen LogP contribution in [0, 0.1) is 6.92 Å². The number of hydrogen-bond donors (Lipinski definition) is 1. The zero-order valence-electron chi connectivity index (χ0n) is 9.71. The molecule has 1 fully saturated rings. The Morgan fingerprint density at radius 3 is 2.87 bits per heavy atom. The van der Waals surface area contributed by atoms with Crippen LogP contribution in [0.15, 0.2) is 5.03 Å². The molecule has 4 heteroatoms.